The van der Waals surface area contributed by atoms with Crippen molar-refractivity contribution in [3.63, 3.8) is 0 Å². The molecule has 2 atom stereocenters. The third-order valence-corrected chi connectivity index (χ3v) is 3.54. The maximum atomic E-state index is 11.8. The summed E-state index contributed by atoms with van der Waals surface area (Å²) >= 11 is 6.10. The molecule has 0 aliphatic rings. The molecular formula is C15H23ClN2O. The molecule has 0 bridgehead atoms. The van der Waals surface area contributed by atoms with Gasteiger partial charge in [-0.15, -0.1) is 0 Å². The summed E-state index contributed by atoms with van der Waals surface area (Å²) < 4.78 is 0. The predicted octanol–water partition coefficient (Wildman–Crippen LogP) is 2.76. The molecule has 19 heavy (non-hydrogen) atoms. The zero-order valence-corrected chi connectivity index (χ0v) is 12.6. The average molecular weight is 283 g/mol. The highest BCUT2D eigenvalue weighted by atomic mass is 35.5. The van der Waals surface area contributed by atoms with Crippen LogP contribution < -0.4 is 11.1 Å². The van der Waals surface area contributed by atoms with Crippen molar-refractivity contribution >= 4 is 17.5 Å². The van der Waals surface area contributed by atoms with Crippen molar-refractivity contribution in [1.29, 1.82) is 0 Å². The summed E-state index contributed by atoms with van der Waals surface area (Å²) in [7, 11) is 0. The average Bonchev–Trinajstić information content (AvgIpc) is 2.31. The molecule has 1 aromatic rings. The van der Waals surface area contributed by atoms with E-state index in [1.165, 1.54) is 0 Å². The molecule has 1 amide bonds. The van der Waals surface area contributed by atoms with Crippen molar-refractivity contribution in [1.82, 2.24) is 5.32 Å². The Balaban J connectivity index is 2.45. The number of rotatable bonds is 6. The number of carbonyl (C=O) groups excluding carboxylic acids is 1. The molecule has 0 heterocycles. The first-order valence-corrected chi connectivity index (χ1v) is 7.06. The third kappa shape index (κ3) is 5.62. The van der Waals surface area contributed by atoms with Gasteiger partial charge >= 0.3 is 0 Å². The van der Waals surface area contributed by atoms with E-state index in [-0.39, 0.29) is 18.0 Å². The van der Waals surface area contributed by atoms with Crippen molar-refractivity contribution in [3.8, 4) is 0 Å². The van der Waals surface area contributed by atoms with Crippen LogP contribution in [0.15, 0.2) is 24.3 Å². The Kier molecular flexibility index (Phi) is 6.32. The zero-order valence-electron chi connectivity index (χ0n) is 11.8. The van der Waals surface area contributed by atoms with Crippen molar-refractivity contribution in [2.75, 3.05) is 0 Å². The molecule has 1 rings (SSSR count). The van der Waals surface area contributed by atoms with E-state index in [2.05, 4.69) is 5.32 Å². The highest BCUT2D eigenvalue weighted by Crippen LogP contribution is 2.16. The summed E-state index contributed by atoms with van der Waals surface area (Å²) in [4.78, 5) is 11.8. The molecule has 0 aromatic heterocycles. The lowest BCUT2D eigenvalue weighted by Gasteiger charge is -2.18. The molecule has 0 saturated heterocycles. The van der Waals surface area contributed by atoms with E-state index >= 15 is 0 Å². The normalized spacial score (nSPS) is 14.2. The van der Waals surface area contributed by atoms with Gasteiger partial charge in [0.1, 0.15) is 0 Å². The monoisotopic (exact) mass is 282 g/mol. The van der Waals surface area contributed by atoms with Gasteiger partial charge in [0.25, 0.3) is 0 Å². The Morgan fingerprint density at radius 3 is 2.53 bits per heavy atom. The number of nitrogens with two attached hydrogens (primary N) is 1. The Hall–Kier alpha value is -1.06. The van der Waals surface area contributed by atoms with Crippen LogP contribution in [0.4, 0.5) is 0 Å². The number of hydrogen-bond donors (Lipinski definition) is 2. The van der Waals surface area contributed by atoms with Crippen molar-refractivity contribution in [3.05, 3.63) is 34.9 Å². The van der Waals surface area contributed by atoms with Gasteiger partial charge in [-0.3, -0.25) is 4.79 Å². The molecule has 3 nitrogen and oxygen atoms in total. The number of amides is 1. The van der Waals surface area contributed by atoms with Crippen LogP contribution in [-0.2, 0) is 11.2 Å². The molecule has 106 valence electrons. The minimum Gasteiger partial charge on any atom is -0.353 e. The first kappa shape index (κ1) is 16.0. The van der Waals surface area contributed by atoms with Gasteiger partial charge in [0.2, 0.25) is 5.91 Å². The van der Waals surface area contributed by atoms with E-state index in [0.717, 1.165) is 17.0 Å². The van der Waals surface area contributed by atoms with Gasteiger partial charge in [-0.1, -0.05) is 43.6 Å². The Morgan fingerprint density at radius 2 is 1.95 bits per heavy atom. The summed E-state index contributed by atoms with van der Waals surface area (Å²) in [6.07, 6.45) is 1.09. The van der Waals surface area contributed by atoms with Gasteiger partial charge in [-0.2, -0.15) is 0 Å². The lowest BCUT2D eigenvalue weighted by Crippen LogP contribution is -2.39. The fraction of sp³-hybridized carbons (Fsp3) is 0.533. The summed E-state index contributed by atoms with van der Waals surface area (Å²) in [6.45, 7) is 6.01. The SMILES string of the molecule is CC(Cc1ccccc1Cl)NC(=O)CC(N)C(C)C. The van der Waals surface area contributed by atoms with E-state index in [4.69, 9.17) is 17.3 Å². The van der Waals surface area contributed by atoms with Crippen LogP contribution >= 0.6 is 11.6 Å². The van der Waals surface area contributed by atoms with E-state index in [1.807, 2.05) is 45.0 Å². The minimum absolute atomic E-state index is 0.000698. The maximum absolute atomic E-state index is 11.8. The second-order valence-corrected chi connectivity index (χ2v) is 5.78. The van der Waals surface area contributed by atoms with E-state index < -0.39 is 0 Å². The van der Waals surface area contributed by atoms with Crippen LogP contribution in [0.2, 0.25) is 5.02 Å². The highest BCUT2D eigenvalue weighted by Gasteiger charge is 2.15. The summed E-state index contributed by atoms with van der Waals surface area (Å²) in [5, 5.41) is 3.70. The number of nitrogens with one attached hydrogen (secondary N) is 1. The molecule has 0 spiro atoms. The minimum atomic E-state index is -0.0903. The molecule has 0 aliphatic carbocycles. The molecule has 4 heteroatoms. The van der Waals surface area contributed by atoms with Crippen LogP contribution in [0.3, 0.4) is 0 Å². The number of benzene rings is 1. The summed E-state index contributed by atoms with van der Waals surface area (Å²) in [6, 6.07) is 7.64. The molecule has 1 aromatic carbocycles. The Bertz CT molecular complexity index is 420. The van der Waals surface area contributed by atoms with Gasteiger partial charge in [0.15, 0.2) is 0 Å². The van der Waals surface area contributed by atoms with Gasteiger partial charge in [0.05, 0.1) is 0 Å². The second kappa shape index (κ2) is 7.51. The van der Waals surface area contributed by atoms with Gasteiger partial charge in [-0.25, -0.2) is 0 Å². The largest absolute Gasteiger partial charge is 0.353 e. The smallest absolute Gasteiger partial charge is 0.221 e. The molecule has 0 fully saturated rings. The van der Waals surface area contributed by atoms with Gasteiger partial charge in [0, 0.05) is 23.5 Å². The second-order valence-electron chi connectivity index (χ2n) is 5.38. The maximum Gasteiger partial charge on any atom is 0.221 e. The van der Waals surface area contributed by atoms with Crippen molar-refractivity contribution < 1.29 is 4.79 Å². The fourth-order valence-electron chi connectivity index (χ4n) is 1.83. The summed E-state index contributed by atoms with van der Waals surface area (Å²) in [5.74, 6) is 0.311. The first-order chi connectivity index (χ1) is 8.90. The number of halogens is 1. The first-order valence-electron chi connectivity index (χ1n) is 6.68. The molecule has 3 N–H and O–H groups in total. The molecule has 2 unspecified atom stereocenters. The predicted molar refractivity (Wildman–Crippen MR) is 80.2 cm³/mol. The van der Waals surface area contributed by atoms with Crippen LogP contribution in [-0.4, -0.2) is 18.0 Å². The van der Waals surface area contributed by atoms with Crippen LogP contribution in [0, 0.1) is 5.92 Å². The standard InChI is InChI=1S/C15H23ClN2O/c1-10(2)14(17)9-15(19)18-11(3)8-12-6-4-5-7-13(12)16/h4-7,10-11,14H,8-9,17H2,1-3H3,(H,18,19). The van der Waals surface area contributed by atoms with E-state index in [0.29, 0.717) is 12.3 Å². The summed E-state index contributed by atoms with van der Waals surface area (Å²) in [5.41, 5.74) is 6.93. The van der Waals surface area contributed by atoms with Crippen LogP contribution in [0.25, 0.3) is 0 Å². The van der Waals surface area contributed by atoms with E-state index in [9.17, 15) is 4.79 Å². The van der Waals surface area contributed by atoms with Gasteiger partial charge < -0.3 is 11.1 Å². The van der Waals surface area contributed by atoms with Gasteiger partial charge in [-0.05, 0) is 30.9 Å². The Morgan fingerprint density at radius 1 is 1.32 bits per heavy atom. The van der Waals surface area contributed by atoms with Crippen molar-refractivity contribution in [2.45, 2.75) is 45.7 Å². The molecule has 0 saturated carbocycles. The lowest BCUT2D eigenvalue weighted by molar-refractivity contribution is -0.122. The molecular weight excluding hydrogens is 260 g/mol. The fourth-order valence-corrected chi connectivity index (χ4v) is 2.04. The topological polar surface area (TPSA) is 55.1 Å². The third-order valence-electron chi connectivity index (χ3n) is 3.17. The number of carbonyl (C=O) groups is 1. The quantitative estimate of drug-likeness (QED) is 0.843. The van der Waals surface area contributed by atoms with Crippen molar-refractivity contribution in [2.24, 2.45) is 11.7 Å². The lowest BCUT2D eigenvalue weighted by atomic mass is 10.0. The molecule has 0 radical (unpaired) electrons. The zero-order chi connectivity index (χ0) is 14.4. The number of hydrogen-bond acceptors (Lipinski definition) is 2. The highest BCUT2D eigenvalue weighted by molar-refractivity contribution is 6.31. The van der Waals surface area contributed by atoms with E-state index in [1.54, 1.807) is 0 Å². The molecule has 0 aliphatic heterocycles. The Labute approximate surface area is 120 Å². The van der Waals surface area contributed by atoms with Crippen LogP contribution in [0.1, 0.15) is 32.8 Å². The van der Waals surface area contributed by atoms with Crippen LogP contribution in [0.5, 0.6) is 0 Å².